The molecule has 0 radical (unpaired) electrons. The average Bonchev–Trinajstić information content (AvgIpc) is 3.26. The van der Waals surface area contributed by atoms with Crippen LogP contribution in [0.15, 0.2) is 78.9 Å². The van der Waals surface area contributed by atoms with E-state index in [-0.39, 0.29) is 12.5 Å². The number of ether oxygens (including phenoxy) is 2. The Hall–Kier alpha value is -3.80. The first-order valence-electron chi connectivity index (χ1n) is 12.3. The number of carbonyl (C=O) groups is 1. The minimum Gasteiger partial charge on any atom is -0.494 e. The Kier molecular flexibility index (Phi) is 8.39. The number of hydrogen-bond donors (Lipinski definition) is 1. The van der Waals surface area contributed by atoms with Crippen molar-refractivity contribution < 1.29 is 14.3 Å². The van der Waals surface area contributed by atoms with E-state index >= 15 is 0 Å². The van der Waals surface area contributed by atoms with E-state index in [1.807, 2.05) is 60.7 Å². The highest BCUT2D eigenvalue weighted by molar-refractivity contribution is 5.78. The van der Waals surface area contributed by atoms with Crippen LogP contribution in [0, 0.1) is 0 Å². The van der Waals surface area contributed by atoms with Crippen molar-refractivity contribution in [2.75, 3.05) is 13.2 Å². The standard InChI is InChI=1S/C29H33N3O3/c1-3-22(2)23-14-16-25(17-15-23)34-19-9-18-32-27-13-8-7-12-26(27)31-28(32)20-30-29(33)21-35-24-10-5-4-6-11-24/h4-8,10-17,22H,3,9,18-21H2,1-2H3,(H,30,33). The van der Waals surface area contributed by atoms with E-state index in [0.717, 1.165) is 42.0 Å². The minimum absolute atomic E-state index is 0.0338. The number of benzene rings is 3. The number of nitrogens with zero attached hydrogens (tertiary/aromatic N) is 2. The lowest BCUT2D eigenvalue weighted by Crippen LogP contribution is -2.29. The van der Waals surface area contributed by atoms with Gasteiger partial charge >= 0.3 is 0 Å². The second-order valence-corrected chi connectivity index (χ2v) is 8.63. The number of rotatable bonds is 12. The first kappa shape index (κ1) is 24.3. The summed E-state index contributed by atoms with van der Waals surface area (Å²) in [5.41, 5.74) is 3.31. The Labute approximate surface area is 206 Å². The number of aryl methyl sites for hydroxylation is 1. The van der Waals surface area contributed by atoms with Crippen LogP contribution in [-0.4, -0.2) is 28.7 Å². The van der Waals surface area contributed by atoms with Gasteiger partial charge in [-0.1, -0.05) is 56.3 Å². The molecule has 35 heavy (non-hydrogen) atoms. The highest BCUT2D eigenvalue weighted by Gasteiger charge is 2.12. The lowest BCUT2D eigenvalue weighted by Gasteiger charge is -2.12. The lowest BCUT2D eigenvalue weighted by atomic mass is 9.99. The van der Waals surface area contributed by atoms with Crippen LogP contribution in [0.2, 0.25) is 0 Å². The maximum Gasteiger partial charge on any atom is 0.258 e. The average molecular weight is 472 g/mol. The maximum absolute atomic E-state index is 12.3. The van der Waals surface area contributed by atoms with Crippen molar-refractivity contribution in [3.05, 3.63) is 90.3 Å². The molecule has 1 heterocycles. The summed E-state index contributed by atoms with van der Waals surface area (Å²) in [4.78, 5) is 17.1. The first-order valence-corrected chi connectivity index (χ1v) is 12.3. The highest BCUT2D eigenvalue weighted by Crippen LogP contribution is 2.22. The number of amides is 1. The molecule has 6 heteroatoms. The SMILES string of the molecule is CCC(C)c1ccc(OCCCn2c(CNC(=O)COc3ccccc3)nc3ccccc32)cc1. The van der Waals surface area contributed by atoms with Crippen LogP contribution in [0.25, 0.3) is 11.0 Å². The zero-order valence-electron chi connectivity index (χ0n) is 20.4. The summed E-state index contributed by atoms with van der Waals surface area (Å²) in [5, 5.41) is 2.93. The topological polar surface area (TPSA) is 65.4 Å². The van der Waals surface area contributed by atoms with Crippen LogP contribution < -0.4 is 14.8 Å². The number of nitrogens with one attached hydrogen (secondary N) is 1. The van der Waals surface area contributed by atoms with Gasteiger partial charge in [0.25, 0.3) is 5.91 Å². The third kappa shape index (κ3) is 6.63. The van der Waals surface area contributed by atoms with E-state index in [9.17, 15) is 4.79 Å². The number of carbonyl (C=O) groups excluding carboxylic acids is 1. The third-order valence-corrected chi connectivity index (χ3v) is 6.15. The van der Waals surface area contributed by atoms with E-state index in [2.05, 4.69) is 41.9 Å². The van der Waals surface area contributed by atoms with Crippen LogP contribution in [0.4, 0.5) is 0 Å². The van der Waals surface area contributed by atoms with E-state index in [1.54, 1.807) is 0 Å². The predicted molar refractivity (Wildman–Crippen MR) is 139 cm³/mol. The Morgan fingerprint density at radius 2 is 1.66 bits per heavy atom. The molecular formula is C29H33N3O3. The normalized spacial score (nSPS) is 11.8. The summed E-state index contributed by atoms with van der Waals surface area (Å²) in [5.74, 6) is 2.75. The summed E-state index contributed by atoms with van der Waals surface area (Å²) >= 11 is 0. The molecule has 0 aliphatic rings. The van der Waals surface area contributed by atoms with Crippen LogP contribution in [0.1, 0.15) is 44.0 Å². The number of imidazole rings is 1. The van der Waals surface area contributed by atoms with Crippen LogP contribution in [-0.2, 0) is 17.9 Å². The summed E-state index contributed by atoms with van der Waals surface area (Å²) in [6.07, 6.45) is 1.95. The number of fused-ring (bicyclic) bond motifs is 1. The summed E-state index contributed by atoms with van der Waals surface area (Å²) in [6.45, 7) is 6.09. The molecule has 0 aliphatic heterocycles. The number of hydrogen-bond acceptors (Lipinski definition) is 4. The quantitative estimate of drug-likeness (QED) is 0.269. The molecule has 1 atom stereocenters. The molecule has 4 aromatic rings. The smallest absolute Gasteiger partial charge is 0.258 e. The highest BCUT2D eigenvalue weighted by atomic mass is 16.5. The molecule has 1 amide bonds. The molecule has 3 aromatic carbocycles. The van der Waals surface area contributed by atoms with Crippen molar-refractivity contribution in [1.82, 2.24) is 14.9 Å². The van der Waals surface area contributed by atoms with Gasteiger partial charge in [0.1, 0.15) is 17.3 Å². The minimum atomic E-state index is -0.184. The largest absolute Gasteiger partial charge is 0.494 e. The molecule has 1 unspecified atom stereocenters. The van der Waals surface area contributed by atoms with Crippen LogP contribution >= 0.6 is 0 Å². The molecule has 0 saturated heterocycles. The molecule has 4 rings (SSSR count). The van der Waals surface area contributed by atoms with Gasteiger partial charge in [0.15, 0.2) is 6.61 Å². The van der Waals surface area contributed by atoms with Gasteiger partial charge in [-0.25, -0.2) is 4.98 Å². The third-order valence-electron chi connectivity index (χ3n) is 6.15. The van der Waals surface area contributed by atoms with Gasteiger partial charge in [0.2, 0.25) is 0 Å². The van der Waals surface area contributed by atoms with Crippen molar-refractivity contribution in [3.8, 4) is 11.5 Å². The molecule has 0 saturated carbocycles. The van der Waals surface area contributed by atoms with E-state index in [0.29, 0.717) is 24.8 Å². The van der Waals surface area contributed by atoms with Gasteiger partial charge < -0.3 is 19.4 Å². The van der Waals surface area contributed by atoms with Crippen molar-refractivity contribution in [1.29, 1.82) is 0 Å². The maximum atomic E-state index is 12.3. The summed E-state index contributed by atoms with van der Waals surface area (Å²) in [6, 6.07) is 25.7. The molecule has 6 nitrogen and oxygen atoms in total. The molecule has 0 bridgehead atoms. The second-order valence-electron chi connectivity index (χ2n) is 8.63. The van der Waals surface area contributed by atoms with Gasteiger partial charge in [-0.15, -0.1) is 0 Å². The Morgan fingerprint density at radius 3 is 2.43 bits per heavy atom. The molecule has 1 N–H and O–H groups in total. The van der Waals surface area contributed by atoms with E-state index in [1.165, 1.54) is 5.56 Å². The summed E-state index contributed by atoms with van der Waals surface area (Å²) in [7, 11) is 0. The van der Waals surface area contributed by atoms with Gasteiger partial charge in [-0.3, -0.25) is 4.79 Å². The summed E-state index contributed by atoms with van der Waals surface area (Å²) < 4.78 is 13.7. The second kappa shape index (κ2) is 12.1. The Morgan fingerprint density at radius 1 is 0.943 bits per heavy atom. The van der Waals surface area contributed by atoms with Gasteiger partial charge in [-0.05, 0) is 60.7 Å². The van der Waals surface area contributed by atoms with Gasteiger partial charge in [0.05, 0.1) is 24.2 Å². The monoisotopic (exact) mass is 471 g/mol. The molecule has 0 fully saturated rings. The fraction of sp³-hybridized carbons (Fsp3) is 0.310. The fourth-order valence-electron chi connectivity index (χ4n) is 3.95. The van der Waals surface area contributed by atoms with E-state index in [4.69, 9.17) is 14.5 Å². The zero-order chi connectivity index (χ0) is 24.5. The first-order chi connectivity index (χ1) is 17.1. The zero-order valence-corrected chi connectivity index (χ0v) is 20.4. The molecule has 0 spiro atoms. The van der Waals surface area contributed by atoms with Gasteiger partial charge in [-0.2, -0.15) is 0 Å². The van der Waals surface area contributed by atoms with Crippen LogP contribution in [0.5, 0.6) is 11.5 Å². The number of aromatic nitrogens is 2. The Bertz CT molecular complexity index is 1220. The fourth-order valence-corrected chi connectivity index (χ4v) is 3.95. The van der Waals surface area contributed by atoms with Crippen molar-refractivity contribution >= 4 is 16.9 Å². The van der Waals surface area contributed by atoms with Crippen molar-refractivity contribution in [2.24, 2.45) is 0 Å². The van der Waals surface area contributed by atoms with Gasteiger partial charge in [0, 0.05) is 6.54 Å². The number of para-hydroxylation sites is 3. The van der Waals surface area contributed by atoms with E-state index < -0.39 is 0 Å². The molecule has 182 valence electrons. The van der Waals surface area contributed by atoms with Crippen molar-refractivity contribution in [2.45, 2.75) is 45.7 Å². The molecular weight excluding hydrogens is 438 g/mol. The Balaban J connectivity index is 1.32. The van der Waals surface area contributed by atoms with Crippen LogP contribution in [0.3, 0.4) is 0 Å². The lowest BCUT2D eigenvalue weighted by molar-refractivity contribution is -0.123. The predicted octanol–water partition coefficient (Wildman–Crippen LogP) is 5.71. The molecule has 0 aliphatic carbocycles. The molecule has 1 aromatic heterocycles. The van der Waals surface area contributed by atoms with Crippen molar-refractivity contribution in [3.63, 3.8) is 0 Å².